The van der Waals surface area contributed by atoms with Crippen LogP contribution in [-0.2, 0) is 0 Å². The third-order valence-corrected chi connectivity index (χ3v) is 4.65. The number of likely N-dealkylation sites (N-methyl/N-ethyl adjacent to an activating group) is 1. The summed E-state index contributed by atoms with van der Waals surface area (Å²) in [5, 5.41) is 0. The fraction of sp³-hybridized carbons (Fsp3) is 0.647. The largest absolute Gasteiger partial charge is 0.324 e. The first kappa shape index (κ1) is 15.5. The van der Waals surface area contributed by atoms with E-state index in [9.17, 15) is 0 Å². The van der Waals surface area contributed by atoms with Gasteiger partial charge in [0.25, 0.3) is 0 Å². The standard InChI is InChI=1S/C17H29N3/c1-14-12-20(13-15(2)19(14)3)11-7-10-17(18)16-8-5-4-6-9-16/h4-6,8-9,14-15,17H,7,10-13,18H2,1-3H3. The molecule has 3 unspecified atom stereocenters. The highest BCUT2D eigenvalue weighted by molar-refractivity contribution is 5.18. The molecule has 1 heterocycles. The van der Waals surface area contributed by atoms with Crippen molar-refractivity contribution < 1.29 is 0 Å². The number of piperazine rings is 1. The Bertz CT molecular complexity index is 380. The van der Waals surface area contributed by atoms with Gasteiger partial charge in [-0.2, -0.15) is 0 Å². The van der Waals surface area contributed by atoms with Crippen molar-refractivity contribution >= 4 is 0 Å². The van der Waals surface area contributed by atoms with Crippen LogP contribution in [-0.4, -0.2) is 48.6 Å². The van der Waals surface area contributed by atoms with Crippen molar-refractivity contribution in [2.24, 2.45) is 5.73 Å². The summed E-state index contributed by atoms with van der Waals surface area (Å²) in [6, 6.07) is 11.9. The van der Waals surface area contributed by atoms with E-state index >= 15 is 0 Å². The van der Waals surface area contributed by atoms with Crippen LogP contribution in [0.5, 0.6) is 0 Å². The van der Waals surface area contributed by atoms with Crippen LogP contribution in [0.4, 0.5) is 0 Å². The fourth-order valence-electron chi connectivity index (χ4n) is 3.10. The van der Waals surface area contributed by atoms with Crippen molar-refractivity contribution in [1.82, 2.24) is 9.80 Å². The van der Waals surface area contributed by atoms with Crippen LogP contribution in [0.1, 0.15) is 38.3 Å². The highest BCUT2D eigenvalue weighted by Gasteiger charge is 2.25. The Morgan fingerprint density at radius 2 is 1.75 bits per heavy atom. The number of nitrogens with zero attached hydrogens (tertiary/aromatic N) is 2. The number of nitrogens with two attached hydrogens (primary N) is 1. The van der Waals surface area contributed by atoms with E-state index in [4.69, 9.17) is 5.73 Å². The summed E-state index contributed by atoms with van der Waals surface area (Å²) in [6.45, 7) is 8.17. The van der Waals surface area contributed by atoms with Gasteiger partial charge < -0.3 is 10.6 Å². The van der Waals surface area contributed by atoms with Gasteiger partial charge >= 0.3 is 0 Å². The molecule has 0 saturated carbocycles. The molecule has 1 aliphatic heterocycles. The zero-order valence-corrected chi connectivity index (χ0v) is 13.1. The van der Waals surface area contributed by atoms with Gasteiger partial charge in [0.15, 0.2) is 0 Å². The highest BCUT2D eigenvalue weighted by Crippen LogP contribution is 2.17. The first-order valence-corrected chi connectivity index (χ1v) is 7.82. The minimum atomic E-state index is 0.179. The van der Waals surface area contributed by atoms with Crippen LogP contribution in [0.2, 0.25) is 0 Å². The first-order chi connectivity index (χ1) is 9.58. The van der Waals surface area contributed by atoms with Crippen molar-refractivity contribution in [3.05, 3.63) is 35.9 Å². The predicted octanol–water partition coefficient (Wildman–Crippen LogP) is 2.49. The third-order valence-electron chi connectivity index (χ3n) is 4.65. The zero-order chi connectivity index (χ0) is 14.5. The average Bonchev–Trinajstić information content (AvgIpc) is 2.45. The Morgan fingerprint density at radius 1 is 1.15 bits per heavy atom. The molecular weight excluding hydrogens is 246 g/mol. The van der Waals surface area contributed by atoms with Crippen molar-refractivity contribution in [2.45, 2.75) is 44.8 Å². The van der Waals surface area contributed by atoms with Crippen molar-refractivity contribution in [1.29, 1.82) is 0 Å². The summed E-state index contributed by atoms with van der Waals surface area (Å²) in [7, 11) is 2.23. The molecule has 112 valence electrons. The Balaban J connectivity index is 1.73. The molecule has 0 spiro atoms. The molecular formula is C17H29N3. The second-order valence-corrected chi connectivity index (χ2v) is 6.28. The van der Waals surface area contributed by atoms with Crippen LogP contribution in [0, 0.1) is 0 Å². The van der Waals surface area contributed by atoms with Crippen LogP contribution in [0.3, 0.4) is 0 Å². The monoisotopic (exact) mass is 275 g/mol. The van der Waals surface area contributed by atoms with Crippen molar-refractivity contribution in [3.8, 4) is 0 Å². The van der Waals surface area contributed by atoms with Crippen LogP contribution < -0.4 is 5.73 Å². The van der Waals surface area contributed by atoms with Gasteiger partial charge in [0.05, 0.1) is 0 Å². The van der Waals surface area contributed by atoms with Gasteiger partial charge in [-0.25, -0.2) is 0 Å². The predicted molar refractivity (Wildman–Crippen MR) is 85.7 cm³/mol. The van der Waals surface area contributed by atoms with E-state index in [1.165, 1.54) is 31.6 Å². The molecule has 1 aliphatic rings. The maximum absolute atomic E-state index is 6.26. The third kappa shape index (κ3) is 4.05. The lowest BCUT2D eigenvalue weighted by molar-refractivity contribution is 0.0589. The van der Waals surface area contributed by atoms with Gasteiger partial charge in [0.1, 0.15) is 0 Å². The molecule has 0 amide bonds. The van der Waals surface area contributed by atoms with Gasteiger partial charge in [0, 0.05) is 31.2 Å². The summed E-state index contributed by atoms with van der Waals surface area (Å²) in [5.74, 6) is 0. The molecule has 0 aromatic heterocycles. The van der Waals surface area contributed by atoms with Crippen LogP contribution in [0.15, 0.2) is 30.3 Å². The molecule has 1 saturated heterocycles. The molecule has 3 atom stereocenters. The molecule has 0 aliphatic carbocycles. The van der Waals surface area contributed by atoms with Crippen molar-refractivity contribution in [2.75, 3.05) is 26.7 Å². The van der Waals surface area contributed by atoms with E-state index in [1.54, 1.807) is 0 Å². The van der Waals surface area contributed by atoms with Gasteiger partial charge in [-0.1, -0.05) is 30.3 Å². The van der Waals surface area contributed by atoms with E-state index in [1.807, 2.05) is 6.07 Å². The van der Waals surface area contributed by atoms with E-state index in [0.717, 1.165) is 6.42 Å². The number of rotatable bonds is 5. The number of benzene rings is 1. The summed E-state index contributed by atoms with van der Waals surface area (Å²) >= 11 is 0. The number of hydrogen-bond acceptors (Lipinski definition) is 3. The molecule has 3 heteroatoms. The Hall–Kier alpha value is -0.900. The first-order valence-electron chi connectivity index (χ1n) is 7.82. The molecule has 1 aromatic carbocycles. The second-order valence-electron chi connectivity index (χ2n) is 6.28. The van der Waals surface area contributed by atoms with Gasteiger partial charge in [-0.05, 0) is 45.8 Å². The lowest BCUT2D eigenvalue weighted by Crippen LogP contribution is -2.54. The van der Waals surface area contributed by atoms with E-state index in [-0.39, 0.29) is 6.04 Å². The summed E-state index contributed by atoms with van der Waals surface area (Å²) < 4.78 is 0. The smallest absolute Gasteiger partial charge is 0.0295 e. The SMILES string of the molecule is CC1CN(CCCC(N)c2ccccc2)CC(C)N1C. The molecule has 0 radical (unpaired) electrons. The van der Waals surface area contributed by atoms with E-state index in [0.29, 0.717) is 12.1 Å². The van der Waals surface area contributed by atoms with E-state index in [2.05, 4.69) is 55.0 Å². The maximum Gasteiger partial charge on any atom is 0.0295 e. The zero-order valence-electron chi connectivity index (χ0n) is 13.1. The summed E-state index contributed by atoms with van der Waals surface area (Å²) in [5.41, 5.74) is 7.52. The average molecular weight is 275 g/mol. The van der Waals surface area contributed by atoms with Crippen LogP contribution in [0.25, 0.3) is 0 Å². The Kier molecular flexibility index (Phi) is 5.58. The molecule has 0 bridgehead atoms. The summed E-state index contributed by atoms with van der Waals surface area (Å²) in [6.07, 6.45) is 2.25. The Morgan fingerprint density at radius 3 is 2.35 bits per heavy atom. The highest BCUT2D eigenvalue weighted by atomic mass is 15.3. The lowest BCUT2D eigenvalue weighted by atomic mass is 10.0. The second kappa shape index (κ2) is 7.21. The summed E-state index contributed by atoms with van der Waals surface area (Å²) in [4.78, 5) is 5.07. The minimum absolute atomic E-state index is 0.179. The fourth-order valence-corrected chi connectivity index (χ4v) is 3.10. The lowest BCUT2D eigenvalue weighted by Gasteiger charge is -2.42. The molecule has 2 N–H and O–H groups in total. The van der Waals surface area contributed by atoms with Crippen LogP contribution >= 0.6 is 0 Å². The van der Waals surface area contributed by atoms with Gasteiger partial charge in [-0.3, -0.25) is 4.90 Å². The Labute approximate surface area is 123 Å². The number of hydrogen-bond donors (Lipinski definition) is 1. The van der Waals surface area contributed by atoms with Gasteiger partial charge in [-0.15, -0.1) is 0 Å². The topological polar surface area (TPSA) is 32.5 Å². The molecule has 1 aromatic rings. The normalized spacial score (nSPS) is 26.6. The molecule has 1 fully saturated rings. The molecule has 20 heavy (non-hydrogen) atoms. The molecule has 3 nitrogen and oxygen atoms in total. The maximum atomic E-state index is 6.26. The molecule has 2 rings (SSSR count). The minimum Gasteiger partial charge on any atom is -0.324 e. The quantitative estimate of drug-likeness (QED) is 0.896. The van der Waals surface area contributed by atoms with E-state index < -0.39 is 0 Å². The van der Waals surface area contributed by atoms with Gasteiger partial charge in [0.2, 0.25) is 0 Å². The van der Waals surface area contributed by atoms with Crippen molar-refractivity contribution in [3.63, 3.8) is 0 Å².